The molecule has 0 aromatic heterocycles. The van der Waals surface area contributed by atoms with Gasteiger partial charge in [-0.25, -0.2) is 0 Å². The van der Waals surface area contributed by atoms with Crippen LogP contribution in [0.4, 0.5) is 0 Å². The average molecular weight is 663 g/mol. The van der Waals surface area contributed by atoms with Crippen LogP contribution in [0.15, 0.2) is 0 Å². The zero-order chi connectivity index (χ0) is 33.1. The van der Waals surface area contributed by atoms with Gasteiger partial charge in [0.1, 0.15) is 0 Å². The Morgan fingerprint density at radius 1 is 1.02 bits per heavy atom. The minimum atomic E-state index is -0.620. The lowest BCUT2D eigenvalue weighted by atomic mass is 9.72. The molecule has 10 atom stereocenters. The van der Waals surface area contributed by atoms with Gasteiger partial charge in [0, 0.05) is 82.8 Å². The van der Waals surface area contributed by atoms with Gasteiger partial charge in [0.25, 0.3) is 0 Å². The molecular weight excluding hydrogens is 600 g/mol. The van der Waals surface area contributed by atoms with Crippen LogP contribution < -0.4 is 26.6 Å². The second kappa shape index (κ2) is 16.1. The fourth-order valence-electron chi connectivity index (χ4n) is 8.77. The third kappa shape index (κ3) is 9.04. The number of fused-ring (bicyclic) bond motifs is 1. The van der Waals surface area contributed by atoms with Gasteiger partial charge in [0.15, 0.2) is 0 Å². The van der Waals surface area contributed by atoms with Crippen LogP contribution in [0.5, 0.6) is 0 Å². The van der Waals surface area contributed by atoms with Crippen molar-refractivity contribution in [3.63, 3.8) is 0 Å². The highest BCUT2D eigenvalue weighted by Gasteiger charge is 2.41. The first kappa shape index (κ1) is 35.4. The summed E-state index contributed by atoms with van der Waals surface area (Å²) in [6, 6.07) is 1.10. The summed E-state index contributed by atoms with van der Waals surface area (Å²) < 4.78 is 12.0. The molecule has 13 heteroatoms. The number of piperidine rings is 2. The van der Waals surface area contributed by atoms with Crippen LogP contribution in [-0.4, -0.2) is 152 Å². The number of hydrogen-bond donors (Lipinski definition) is 6. The van der Waals surface area contributed by atoms with Crippen molar-refractivity contribution in [2.75, 3.05) is 65.7 Å². The topological polar surface area (TPSA) is 143 Å². The number of aliphatic hydroxyl groups is 1. The zero-order valence-electron chi connectivity index (χ0n) is 29.2. The summed E-state index contributed by atoms with van der Waals surface area (Å²) in [5, 5.41) is 28.8. The van der Waals surface area contributed by atoms with E-state index in [1.807, 2.05) is 4.90 Å². The summed E-state index contributed by atoms with van der Waals surface area (Å²) in [5.41, 5.74) is 0. The largest absolute Gasteiger partial charge is 0.390 e. The molecule has 47 heavy (non-hydrogen) atoms. The first-order valence-electron chi connectivity index (χ1n) is 18.5. The number of nitrogens with zero attached hydrogens (tertiary/aromatic N) is 3. The number of ether oxygens (including phenoxy) is 2. The Balaban J connectivity index is 0.962. The normalized spacial score (nSPS) is 38.2. The van der Waals surface area contributed by atoms with E-state index in [-0.39, 0.29) is 60.9 Å². The molecule has 6 aliphatic rings. The lowest BCUT2D eigenvalue weighted by Crippen LogP contribution is -2.68. The Hall–Kier alpha value is -1.42. The summed E-state index contributed by atoms with van der Waals surface area (Å²) in [6.45, 7) is 16.1. The highest BCUT2D eigenvalue weighted by molar-refractivity contribution is 5.79. The number of piperazine rings is 1. The molecule has 0 aromatic rings. The predicted octanol–water partition coefficient (Wildman–Crippen LogP) is -0.541. The van der Waals surface area contributed by atoms with E-state index in [0.717, 1.165) is 64.8 Å². The molecule has 0 aromatic carbocycles. The molecule has 13 nitrogen and oxygen atoms in total. The summed E-state index contributed by atoms with van der Waals surface area (Å²) in [5.74, 6) is 1.13. The minimum Gasteiger partial charge on any atom is -0.390 e. The smallest absolute Gasteiger partial charge is 0.223 e. The number of aliphatic hydroxyl groups excluding tert-OH is 1. The first-order valence-corrected chi connectivity index (χ1v) is 18.5. The number of likely N-dealkylation sites (tertiary alicyclic amines) is 1. The van der Waals surface area contributed by atoms with Gasteiger partial charge in [0.2, 0.25) is 11.8 Å². The molecule has 0 radical (unpaired) electrons. The summed E-state index contributed by atoms with van der Waals surface area (Å²) in [4.78, 5) is 32.2. The van der Waals surface area contributed by atoms with E-state index in [1.165, 1.54) is 0 Å². The number of amides is 2. The second-order valence-corrected chi connectivity index (χ2v) is 15.6. The fraction of sp³-hybridized carbons (Fsp3) is 0.941. The van der Waals surface area contributed by atoms with Gasteiger partial charge in [-0.1, -0.05) is 0 Å². The van der Waals surface area contributed by atoms with Gasteiger partial charge in [-0.3, -0.25) is 35.3 Å². The van der Waals surface area contributed by atoms with Crippen LogP contribution >= 0.6 is 0 Å². The van der Waals surface area contributed by atoms with Gasteiger partial charge in [-0.05, 0) is 77.7 Å². The van der Waals surface area contributed by atoms with E-state index in [0.29, 0.717) is 56.8 Å². The van der Waals surface area contributed by atoms with Crippen molar-refractivity contribution in [1.29, 1.82) is 0 Å². The zero-order valence-corrected chi connectivity index (χ0v) is 29.2. The fourth-order valence-corrected chi connectivity index (χ4v) is 8.77. The number of hydrogen-bond acceptors (Lipinski definition) is 11. The Kier molecular flexibility index (Phi) is 12.1. The summed E-state index contributed by atoms with van der Waals surface area (Å²) in [7, 11) is 0. The van der Waals surface area contributed by atoms with E-state index in [2.05, 4.69) is 57.2 Å². The Morgan fingerprint density at radius 3 is 2.51 bits per heavy atom. The molecule has 268 valence electrons. The molecule has 6 rings (SSSR count). The molecule has 2 amide bonds. The molecule has 0 spiro atoms. The Labute approximate surface area is 281 Å². The highest BCUT2D eigenvalue weighted by atomic mass is 16.5. The Morgan fingerprint density at radius 2 is 1.81 bits per heavy atom. The van der Waals surface area contributed by atoms with E-state index in [1.54, 1.807) is 6.92 Å². The third-order valence-electron chi connectivity index (χ3n) is 12.1. The van der Waals surface area contributed by atoms with Crippen LogP contribution in [0.1, 0.15) is 66.2 Å². The van der Waals surface area contributed by atoms with Crippen LogP contribution in [0, 0.1) is 17.8 Å². The van der Waals surface area contributed by atoms with Gasteiger partial charge >= 0.3 is 0 Å². The summed E-state index contributed by atoms with van der Waals surface area (Å²) >= 11 is 0. The van der Waals surface area contributed by atoms with E-state index >= 15 is 0 Å². The lowest BCUT2D eigenvalue weighted by molar-refractivity contribution is -0.134. The molecular formula is C34H62N8O5. The maximum absolute atomic E-state index is 13.6. The lowest BCUT2D eigenvalue weighted by Gasteiger charge is -2.48. The second-order valence-electron chi connectivity index (χ2n) is 15.6. The van der Waals surface area contributed by atoms with Gasteiger partial charge < -0.3 is 30.1 Å². The predicted molar refractivity (Wildman–Crippen MR) is 179 cm³/mol. The third-order valence-corrected chi connectivity index (χ3v) is 12.1. The van der Waals surface area contributed by atoms with Crippen LogP contribution in [0.2, 0.25) is 0 Å². The summed E-state index contributed by atoms with van der Waals surface area (Å²) in [6.07, 6.45) is 5.51. The number of carbonyl (C=O) groups excluding carboxylic acids is 2. The molecule has 5 heterocycles. The van der Waals surface area contributed by atoms with Gasteiger partial charge in [-0.2, -0.15) is 0 Å². The molecule has 5 aliphatic heterocycles. The first-order chi connectivity index (χ1) is 22.6. The van der Waals surface area contributed by atoms with E-state index < -0.39 is 6.10 Å². The van der Waals surface area contributed by atoms with Crippen molar-refractivity contribution in [3.05, 3.63) is 0 Å². The Bertz CT molecular complexity index is 1040. The van der Waals surface area contributed by atoms with Crippen molar-refractivity contribution in [1.82, 2.24) is 41.3 Å². The van der Waals surface area contributed by atoms with Crippen LogP contribution in [0.25, 0.3) is 0 Å². The van der Waals surface area contributed by atoms with Crippen molar-refractivity contribution < 1.29 is 24.2 Å². The molecule has 8 unspecified atom stereocenters. The monoisotopic (exact) mass is 662 g/mol. The molecule has 0 bridgehead atoms. The molecule has 1 aliphatic carbocycles. The molecule has 6 fully saturated rings. The van der Waals surface area contributed by atoms with E-state index in [4.69, 9.17) is 9.47 Å². The van der Waals surface area contributed by atoms with E-state index in [9.17, 15) is 14.7 Å². The van der Waals surface area contributed by atoms with Crippen molar-refractivity contribution >= 4 is 11.8 Å². The van der Waals surface area contributed by atoms with Crippen LogP contribution in [0.3, 0.4) is 0 Å². The average Bonchev–Trinajstić information content (AvgIpc) is 3.47. The van der Waals surface area contributed by atoms with Crippen molar-refractivity contribution in [2.45, 2.75) is 121 Å². The molecule has 6 N–H and O–H groups in total. The van der Waals surface area contributed by atoms with Crippen molar-refractivity contribution in [2.24, 2.45) is 17.8 Å². The quantitative estimate of drug-likeness (QED) is 0.170. The highest BCUT2D eigenvalue weighted by Crippen LogP contribution is 2.37. The van der Waals surface area contributed by atoms with Crippen molar-refractivity contribution in [3.8, 4) is 0 Å². The van der Waals surface area contributed by atoms with Crippen LogP contribution in [-0.2, 0) is 19.1 Å². The maximum atomic E-state index is 13.6. The minimum absolute atomic E-state index is 0.00142. The molecule has 1 saturated carbocycles. The number of rotatable bonds is 11. The van der Waals surface area contributed by atoms with Gasteiger partial charge in [0.05, 0.1) is 44.0 Å². The maximum Gasteiger partial charge on any atom is 0.223 e. The standard InChI is InChI=1S/C34H62N8O5/c1-21(2)40-7-9-41(10-8-40)33-14-25(13-32(39-33)38-27-17-42(18-27)23(4)43)34(45)36-16-30(44)29-12-24-5-6-28(11-26(24)15-35-29)46-19-31-22(3)37-20-47-31/h21-22,24-33,35,37-39,44H,5-20H2,1-4H3,(H,36,45)/t22?,24?,25?,26?,28?,29-,30+,31?,32?,33?/m0/s1. The number of carbonyl (C=O) groups is 2. The molecule has 5 saturated heterocycles. The number of nitrogens with one attached hydrogen (secondary N) is 5. The van der Waals surface area contributed by atoms with Gasteiger partial charge in [-0.15, -0.1) is 0 Å². The SMILES string of the molecule is CC(=O)N1CC(NC2CC(C(=O)NC[C@@H](O)[C@@H]3CC4CCC(OCC5OCNC5C)CC4CN3)CC(N3CCN(C(C)C)CC3)N2)C1.